The summed E-state index contributed by atoms with van der Waals surface area (Å²) >= 11 is 1.63. The highest BCUT2D eigenvalue weighted by molar-refractivity contribution is 7.99. The Labute approximate surface area is 204 Å². The van der Waals surface area contributed by atoms with Crippen LogP contribution in [-0.4, -0.2) is 26.5 Å². The molecule has 0 spiro atoms. The van der Waals surface area contributed by atoms with Gasteiger partial charge in [-0.3, -0.25) is 0 Å². The fourth-order valence-electron chi connectivity index (χ4n) is 3.42. The Kier molecular flexibility index (Phi) is 6.55. The molecule has 1 N–H and O–H groups in total. The van der Waals surface area contributed by atoms with Crippen LogP contribution in [0.25, 0.3) is 16.6 Å². The van der Waals surface area contributed by atoms with E-state index in [1.54, 1.807) is 34.8 Å². The maximum absolute atomic E-state index is 12.8. The van der Waals surface area contributed by atoms with E-state index in [4.69, 9.17) is 4.74 Å². The Hall–Kier alpha value is -3.46. The van der Waals surface area contributed by atoms with Crippen LogP contribution in [0.1, 0.15) is 37.1 Å². The third kappa shape index (κ3) is 5.62. The number of halogens is 3. The molecule has 0 aliphatic rings. The molecule has 0 aliphatic heterocycles. The van der Waals surface area contributed by atoms with Crippen molar-refractivity contribution in [3.05, 3.63) is 84.1 Å². The highest BCUT2D eigenvalue weighted by atomic mass is 32.2. The van der Waals surface area contributed by atoms with Crippen LogP contribution in [0.4, 0.5) is 13.2 Å². The van der Waals surface area contributed by atoms with Crippen LogP contribution in [-0.2, 0) is 11.0 Å². The molecule has 4 rings (SSSR count). The molecule has 0 amide bonds. The monoisotopic (exact) mass is 500 g/mol. The van der Waals surface area contributed by atoms with Crippen molar-refractivity contribution in [3.63, 3.8) is 0 Å². The second kappa shape index (κ2) is 9.30. The van der Waals surface area contributed by atoms with Gasteiger partial charge in [-0.05, 0) is 80.9 Å². The van der Waals surface area contributed by atoms with E-state index in [2.05, 4.69) is 12.0 Å². The van der Waals surface area contributed by atoms with Gasteiger partial charge in [-0.25, -0.2) is 9.48 Å². The molecule has 0 radical (unpaired) electrons. The third-order valence-electron chi connectivity index (χ3n) is 5.48. The average Bonchev–Trinajstić information content (AvgIpc) is 3.23. The topological polar surface area (TPSA) is 64.3 Å². The van der Waals surface area contributed by atoms with Crippen LogP contribution < -0.4 is 4.74 Å². The maximum Gasteiger partial charge on any atom is 0.416 e. The first kappa shape index (κ1) is 24.7. The molecule has 5 nitrogen and oxygen atoms in total. The summed E-state index contributed by atoms with van der Waals surface area (Å²) in [6, 6.07) is 18.1. The van der Waals surface area contributed by atoms with Crippen molar-refractivity contribution in [1.82, 2.24) is 9.78 Å². The largest absolute Gasteiger partial charge is 0.478 e. The van der Waals surface area contributed by atoms with Crippen molar-refractivity contribution < 1.29 is 27.8 Å². The number of benzene rings is 3. The van der Waals surface area contributed by atoms with Crippen LogP contribution in [0, 0.1) is 0 Å². The first-order chi connectivity index (χ1) is 16.4. The van der Waals surface area contributed by atoms with E-state index in [0.717, 1.165) is 33.5 Å². The zero-order valence-corrected chi connectivity index (χ0v) is 20.0. The molecule has 1 unspecified atom stereocenters. The molecule has 1 heterocycles. The van der Waals surface area contributed by atoms with Gasteiger partial charge in [0, 0.05) is 21.7 Å². The summed E-state index contributed by atoms with van der Waals surface area (Å²) in [6.45, 7) is 5.06. The predicted octanol–water partition coefficient (Wildman–Crippen LogP) is 7.14. The quantitative estimate of drug-likeness (QED) is 0.273. The van der Waals surface area contributed by atoms with Gasteiger partial charge < -0.3 is 9.84 Å². The molecule has 1 atom stereocenters. The molecule has 0 bridgehead atoms. The number of thioether (sulfide) groups is 1. The number of ether oxygens (including phenoxy) is 1. The number of aromatic nitrogens is 2. The highest BCUT2D eigenvalue weighted by Gasteiger charge is 2.30. The molecule has 0 fully saturated rings. The van der Waals surface area contributed by atoms with E-state index >= 15 is 0 Å². The second-order valence-corrected chi connectivity index (χ2v) is 10.00. The van der Waals surface area contributed by atoms with Crippen molar-refractivity contribution in [2.75, 3.05) is 0 Å². The Morgan fingerprint density at radius 3 is 2.29 bits per heavy atom. The van der Waals surface area contributed by atoms with Crippen LogP contribution in [0.2, 0.25) is 0 Å². The first-order valence-corrected chi connectivity index (χ1v) is 11.7. The van der Waals surface area contributed by atoms with Crippen molar-refractivity contribution in [1.29, 1.82) is 0 Å². The van der Waals surface area contributed by atoms with Gasteiger partial charge in [0.25, 0.3) is 0 Å². The Balaban J connectivity index is 1.48. The zero-order chi connectivity index (χ0) is 25.4. The van der Waals surface area contributed by atoms with Crippen molar-refractivity contribution in [2.24, 2.45) is 0 Å². The summed E-state index contributed by atoms with van der Waals surface area (Å²) in [5.41, 5.74) is 0.325. The van der Waals surface area contributed by atoms with Crippen molar-refractivity contribution in [3.8, 4) is 11.4 Å². The van der Waals surface area contributed by atoms with Crippen molar-refractivity contribution in [2.45, 2.75) is 42.7 Å². The molecule has 1 aromatic heterocycles. The predicted molar refractivity (Wildman–Crippen MR) is 129 cm³/mol. The Morgan fingerprint density at radius 1 is 1.03 bits per heavy atom. The number of hydrogen-bond donors (Lipinski definition) is 1. The lowest BCUT2D eigenvalue weighted by Gasteiger charge is -2.21. The van der Waals surface area contributed by atoms with Crippen molar-refractivity contribution >= 4 is 28.6 Å². The van der Waals surface area contributed by atoms with Crippen LogP contribution in [0.3, 0.4) is 0 Å². The Bertz CT molecular complexity index is 1350. The number of carboxylic acid groups (broad SMARTS) is 1. The summed E-state index contributed by atoms with van der Waals surface area (Å²) in [7, 11) is 0. The van der Waals surface area contributed by atoms with E-state index in [1.807, 2.05) is 30.3 Å². The SMILES string of the molecule is CC(Sc1ccc(OC(C)(C)C(=O)O)cc1)c1ccc2cn(-c3ccc(C(F)(F)F)cc3)nc2c1. The van der Waals surface area contributed by atoms with Gasteiger partial charge in [0.05, 0.1) is 16.8 Å². The molecule has 182 valence electrons. The minimum atomic E-state index is -4.38. The minimum Gasteiger partial charge on any atom is -0.478 e. The van der Waals surface area contributed by atoms with Gasteiger partial charge >= 0.3 is 12.1 Å². The van der Waals surface area contributed by atoms with E-state index < -0.39 is 23.3 Å². The van der Waals surface area contributed by atoms with Gasteiger partial charge in [0.1, 0.15) is 5.75 Å². The number of hydrogen-bond acceptors (Lipinski definition) is 4. The van der Waals surface area contributed by atoms with Gasteiger partial charge in [0.15, 0.2) is 5.60 Å². The molecule has 0 saturated heterocycles. The van der Waals surface area contributed by atoms with E-state index in [9.17, 15) is 23.1 Å². The fourth-order valence-corrected chi connectivity index (χ4v) is 4.40. The molecular formula is C26H23F3N2O3S. The van der Waals surface area contributed by atoms with Gasteiger partial charge in [0.2, 0.25) is 0 Å². The molecule has 4 aromatic rings. The zero-order valence-electron chi connectivity index (χ0n) is 19.2. The molecule has 3 aromatic carbocycles. The third-order valence-corrected chi connectivity index (χ3v) is 6.65. The number of rotatable bonds is 7. The number of carbonyl (C=O) groups is 1. The highest BCUT2D eigenvalue weighted by Crippen LogP contribution is 2.37. The Morgan fingerprint density at radius 2 is 1.69 bits per heavy atom. The van der Waals surface area contributed by atoms with Crippen LogP contribution in [0.15, 0.2) is 77.8 Å². The summed E-state index contributed by atoms with van der Waals surface area (Å²) in [5, 5.41) is 14.7. The standard InChI is InChI=1S/C26H23F3N2O3S/c1-16(35-22-12-10-21(11-13-22)34-25(2,3)24(32)33)17-4-5-18-15-31(30-23(18)14-17)20-8-6-19(7-9-20)26(27,28)29/h4-16H,1-3H3,(H,32,33). The molecule has 0 saturated carbocycles. The van der Waals surface area contributed by atoms with E-state index in [0.29, 0.717) is 11.4 Å². The van der Waals surface area contributed by atoms with Crippen LogP contribution in [0.5, 0.6) is 5.75 Å². The summed E-state index contributed by atoms with van der Waals surface area (Å²) in [5.74, 6) is -0.564. The number of fused-ring (bicyclic) bond motifs is 1. The molecule has 0 aliphatic carbocycles. The molecule has 35 heavy (non-hydrogen) atoms. The summed E-state index contributed by atoms with van der Waals surface area (Å²) in [4.78, 5) is 12.2. The fraction of sp³-hybridized carbons (Fsp3) is 0.231. The van der Waals surface area contributed by atoms with Crippen LogP contribution >= 0.6 is 11.8 Å². The number of carboxylic acids is 1. The smallest absolute Gasteiger partial charge is 0.416 e. The van der Waals surface area contributed by atoms with E-state index in [1.165, 1.54) is 26.0 Å². The summed E-state index contributed by atoms with van der Waals surface area (Å²) < 4.78 is 45.6. The van der Waals surface area contributed by atoms with E-state index in [-0.39, 0.29) is 5.25 Å². The second-order valence-electron chi connectivity index (χ2n) is 8.59. The first-order valence-electron chi connectivity index (χ1n) is 10.8. The molecular weight excluding hydrogens is 477 g/mol. The molecule has 9 heteroatoms. The van der Waals surface area contributed by atoms with Gasteiger partial charge in [-0.1, -0.05) is 12.1 Å². The number of alkyl halides is 3. The minimum absolute atomic E-state index is 0.0952. The normalized spacial score (nSPS) is 13.1. The summed E-state index contributed by atoms with van der Waals surface area (Å²) in [6.07, 6.45) is -2.59. The lowest BCUT2D eigenvalue weighted by molar-refractivity contribution is -0.152. The lowest BCUT2D eigenvalue weighted by Crippen LogP contribution is -2.37. The van der Waals surface area contributed by atoms with Gasteiger partial charge in [-0.2, -0.15) is 18.3 Å². The number of nitrogens with zero attached hydrogens (tertiary/aromatic N) is 2. The maximum atomic E-state index is 12.8. The van der Waals surface area contributed by atoms with Gasteiger partial charge in [-0.15, -0.1) is 11.8 Å². The average molecular weight is 501 g/mol. The number of aliphatic carboxylic acids is 1. The lowest BCUT2D eigenvalue weighted by atomic mass is 10.1.